The summed E-state index contributed by atoms with van der Waals surface area (Å²) >= 11 is 1.57. The number of likely N-dealkylation sites (tertiary alicyclic amines) is 1. The van der Waals surface area contributed by atoms with Crippen LogP contribution in [0.5, 0.6) is 0 Å². The summed E-state index contributed by atoms with van der Waals surface area (Å²) in [6.45, 7) is 8.64. The number of carboxylic acids is 1. The Balaban J connectivity index is 1.89. The standard InChI is InChI=1S/C31H45N3O3S/c1-4-5-13-28(32-17-20-34-18-9-6-10-19-34)24-14-15-26(27(22-24)25-12-8-7-11-23(25)2)30(35)33-29(31(36)37)16-21-38-3/h7-8,11-12,14-15,22,28-29,32H,4-6,9-10,13,16-21H2,1-3H3,(H,33,35)(H,36,37). The molecule has 0 radical (unpaired) electrons. The summed E-state index contributed by atoms with van der Waals surface area (Å²) in [4.78, 5) is 27.8. The largest absolute Gasteiger partial charge is 0.480 e. The number of rotatable bonds is 15. The van der Waals surface area contributed by atoms with Gasteiger partial charge in [-0.2, -0.15) is 11.8 Å². The third kappa shape index (κ3) is 8.85. The van der Waals surface area contributed by atoms with E-state index in [0.717, 1.165) is 49.0 Å². The van der Waals surface area contributed by atoms with Crippen molar-refractivity contribution in [1.29, 1.82) is 0 Å². The van der Waals surface area contributed by atoms with Crippen molar-refractivity contribution in [2.24, 2.45) is 0 Å². The van der Waals surface area contributed by atoms with E-state index in [9.17, 15) is 14.7 Å². The molecule has 208 valence electrons. The molecular weight excluding hydrogens is 494 g/mol. The van der Waals surface area contributed by atoms with E-state index >= 15 is 0 Å². The van der Waals surface area contributed by atoms with Crippen molar-refractivity contribution < 1.29 is 14.7 Å². The summed E-state index contributed by atoms with van der Waals surface area (Å²) in [5, 5.41) is 16.3. The first kappa shape index (κ1) is 30.2. The van der Waals surface area contributed by atoms with Crippen molar-refractivity contribution in [3.8, 4) is 11.1 Å². The van der Waals surface area contributed by atoms with E-state index in [1.54, 1.807) is 11.8 Å². The van der Waals surface area contributed by atoms with Gasteiger partial charge in [0.25, 0.3) is 5.91 Å². The molecule has 1 amide bonds. The van der Waals surface area contributed by atoms with Crippen LogP contribution in [-0.4, -0.2) is 66.1 Å². The Bertz CT molecular complexity index is 1040. The molecule has 2 aromatic carbocycles. The van der Waals surface area contributed by atoms with Crippen molar-refractivity contribution >= 4 is 23.6 Å². The number of carboxylic acid groups (broad SMARTS) is 1. The maximum atomic E-state index is 13.4. The number of unbranched alkanes of at least 4 members (excludes halogenated alkanes) is 1. The normalized spacial score (nSPS) is 15.7. The van der Waals surface area contributed by atoms with Gasteiger partial charge in [0.1, 0.15) is 6.04 Å². The number of thioether (sulfide) groups is 1. The van der Waals surface area contributed by atoms with Gasteiger partial charge in [-0.15, -0.1) is 0 Å². The summed E-state index contributed by atoms with van der Waals surface area (Å²) in [5.41, 5.74) is 4.62. The van der Waals surface area contributed by atoms with Crippen molar-refractivity contribution in [2.75, 3.05) is 38.2 Å². The molecule has 1 fully saturated rings. The lowest BCUT2D eigenvalue weighted by atomic mass is 9.90. The Labute approximate surface area is 233 Å². The van der Waals surface area contributed by atoms with Crippen molar-refractivity contribution in [3.05, 3.63) is 59.2 Å². The quantitative estimate of drug-likeness (QED) is 0.261. The fraction of sp³-hybridized carbons (Fsp3) is 0.548. The summed E-state index contributed by atoms with van der Waals surface area (Å²) in [6.07, 6.45) is 9.54. The van der Waals surface area contributed by atoms with Gasteiger partial charge < -0.3 is 20.6 Å². The number of hydrogen-bond acceptors (Lipinski definition) is 5. The minimum atomic E-state index is -1.00. The Hall–Kier alpha value is -2.35. The van der Waals surface area contributed by atoms with Gasteiger partial charge in [-0.25, -0.2) is 4.79 Å². The molecule has 2 unspecified atom stereocenters. The van der Waals surface area contributed by atoms with Crippen LogP contribution in [0.2, 0.25) is 0 Å². The summed E-state index contributed by atoms with van der Waals surface area (Å²) in [5.74, 6) is -0.672. The lowest BCUT2D eigenvalue weighted by Gasteiger charge is -2.28. The minimum absolute atomic E-state index is 0.202. The molecule has 2 aromatic rings. The third-order valence-electron chi connectivity index (χ3n) is 7.45. The van der Waals surface area contributed by atoms with Crippen molar-refractivity contribution in [1.82, 2.24) is 15.5 Å². The number of aryl methyl sites for hydroxylation is 1. The number of hydrogen-bond donors (Lipinski definition) is 3. The Morgan fingerprint density at radius 1 is 1.05 bits per heavy atom. The Morgan fingerprint density at radius 3 is 2.50 bits per heavy atom. The van der Waals surface area contributed by atoms with Gasteiger partial charge in [-0.1, -0.05) is 56.5 Å². The molecule has 1 aliphatic rings. The third-order valence-corrected chi connectivity index (χ3v) is 8.10. The van der Waals surface area contributed by atoms with Crippen molar-refractivity contribution in [3.63, 3.8) is 0 Å². The molecule has 7 heteroatoms. The fourth-order valence-electron chi connectivity index (χ4n) is 5.18. The van der Waals surface area contributed by atoms with E-state index in [1.807, 2.05) is 49.6 Å². The van der Waals surface area contributed by atoms with E-state index in [4.69, 9.17) is 0 Å². The van der Waals surface area contributed by atoms with Gasteiger partial charge in [-0.3, -0.25) is 4.79 Å². The van der Waals surface area contributed by atoms with E-state index in [0.29, 0.717) is 17.7 Å². The molecule has 0 aliphatic carbocycles. The van der Waals surface area contributed by atoms with Gasteiger partial charge >= 0.3 is 5.97 Å². The van der Waals surface area contributed by atoms with E-state index in [1.165, 1.54) is 37.9 Å². The second-order valence-corrected chi connectivity index (χ2v) is 11.3. The number of benzene rings is 2. The molecule has 2 atom stereocenters. The molecule has 0 saturated carbocycles. The highest BCUT2D eigenvalue weighted by Gasteiger charge is 2.24. The van der Waals surface area contributed by atoms with Crippen LogP contribution in [-0.2, 0) is 4.79 Å². The minimum Gasteiger partial charge on any atom is -0.480 e. The van der Waals surface area contributed by atoms with Gasteiger partial charge in [0.2, 0.25) is 0 Å². The predicted molar refractivity (Wildman–Crippen MR) is 159 cm³/mol. The highest BCUT2D eigenvalue weighted by molar-refractivity contribution is 7.98. The van der Waals surface area contributed by atoms with Crippen LogP contribution in [0, 0.1) is 6.92 Å². The molecule has 0 aromatic heterocycles. The lowest BCUT2D eigenvalue weighted by Crippen LogP contribution is -2.41. The maximum absolute atomic E-state index is 13.4. The lowest BCUT2D eigenvalue weighted by molar-refractivity contribution is -0.139. The molecule has 6 nitrogen and oxygen atoms in total. The Morgan fingerprint density at radius 2 is 1.82 bits per heavy atom. The number of amides is 1. The first-order valence-corrected chi connectivity index (χ1v) is 15.5. The van der Waals surface area contributed by atoms with Crippen LogP contribution in [0.3, 0.4) is 0 Å². The zero-order valence-corrected chi connectivity index (χ0v) is 24.1. The van der Waals surface area contributed by atoms with Crippen molar-refractivity contribution in [2.45, 2.75) is 70.9 Å². The first-order valence-electron chi connectivity index (χ1n) is 14.1. The topological polar surface area (TPSA) is 81.7 Å². The smallest absolute Gasteiger partial charge is 0.326 e. The van der Waals surface area contributed by atoms with Crippen LogP contribution in [0.15, 0.2) is 42.5 Å². The van der Waals surface area contributed by atoms with Crippen LogP contribution in [0.25, 0.3) is 11.1 Å². The van der Waals surface area contributed by atoms with Crippen LogP contribution >= 0.6 is 11.8 Å². The highest BCUT2D eigenvalue weighted by atomic mass is 32.2. The zero-order valence-electron chi connectivity index (χ0n) is 23.3. The number of aliphatic carboxylic acids is 1. The Kier molecular flexibility index (Phi) is 12.6. The number of nitrogens with zero attached hydrogens (tertiary/aromatic N) is 1. The molecule has 0 spiro atoms. The van der Waals surface area contributed by atoms with E-state index in [-0.39, 0.29) is 11.9 Å². The molecule has 1 aliphatic heterocycles. The number of nitrogens with one attached hydrogen (secondary N) is 2. The molecule has 3 rings (SSSR count). The van der Waals surface area contributed by atoms with Gasteiger partial charge in [-0.05, 0) is 92.1 Å². The molecule has 0 bridgehead atoms. The SMILES string of the molecule is CCCCC(NCCN1CCCCC1)c1ccc(C(=O)NC(CCSC)C(=O)O)c(-c2ccccc2C)c1. The van der Waals surface area contributed by atoms with Crippen LogP contribution in [0.1, 0.15) is 79.4 Å². The predicted octanol–water partition coefficient (Wildman–Crippen LogP) is 5.90. The second-order valence-electron chi connectivity index (χ2n) is 10.3. The number of piperidine rings is 1. The average Bonchev–Trinajstić information content (AvgIpc) is 2.93. The second kappa shape index (κ2) is 15.9. The zero-order chi connectivity index (χ0) is 27.3. The van der Waals surface area contributed by atoms with E-state index < -0.39 is 12.0 Å². The first-order chi connectivity index (χ1) is 18.4. The molecule has 1 heterocycles. The fourth-order valence-corrected chi connectivity index (χ4v) is 5.65. The van der Waals surface area contributed by atoms with Gasteiger partial charge in [0.05, 0.1) is 0 Å². The molecular formula is C31H45N3O3S. The summed E-state index contributed by atoms with van der Waals surface area (Å²) in [7, 11) is 0. The average molecular weight is 540 g/mol. The monoisotopic (exact) mass is 539 g/mol. The molecule has 38 heavy (non-hydrogen) atoms. The highest BCUT2D eigenvalue weighted by Crippen LogP contribution is 2.31. The molecule has 1 saturated heterocycles. The number of carbonyl (C=O) groups is 2. The van der Waals surface area contributed by atoms with Crippen LogP contribution < -0.4 is 10.6 Å². The van der Waals surface area contributed by atoms with Gasteiger partial charge in [0, 0.05) is 24.7 Å². The summed E-state index contributed by atoms with van der Waals surface area (Å²) < 4.78 is 0. The number of carbonyl (C=O) groups excluding carboxylic acids is 1. The van der Waals surface area contributed by atoms with Gasteiger partial charge in [0.15, 0.2) is 0 Å². The van der Waals surface area contributed by atoms with Crippen LogP contribution in [0.4, 0.5) is 0 Å². The maximum Gasteiger partial charge on any atom is 0.326 e. The summed E-state index contributed by atoms with van der Waals surface area (Å²) in [6, 6.07) is 13.4. The van der Waals surface area contributed by atoms with E-state index in [2.05, 4.69) is 28.5 Å². The molecule has 3 N–H and O–H groups in total.